The zero-order valence-electron chi connectivity index (χ0n) is 17.8. The summed E-state index contributed by atoms with van der Waals surface area (Å²) >= 11 is 0. The van der Waals surface area contributed by atoms with E-state index in [0.717, 1.165) is 39.3 Å². The highest BCUT2D eigenvalue weighted by atomic mass is 15.3. The van der Waals surface area contributed by atoms with Crippen molar-refractivity contribution in [2.45, 2.75) is 7.43 Å². The molecule has 31 heavy (non-hydrogen) atoms. The van der Waals surface area contributed by atoms with Crippen LogP contribution in [0.4, 0.5) is 11.4 Å². The van der Waals surface area contributed by atoms with Crippen LogP contribution in [0.25, 0.3) is 10.8 Å². The maximum absolute atomic E-state index is 2.64. The van der Waals surface area contributed by atoms with Crippen LogP contribution < -0.4 is 9.80 Å². The van der Waals surface area contributed by atoms with Crippen LogP contribution in [0, 0.1) is 0 Å². The van der Waals surface area contributed by atoms with E-state index in [4.69, 9.17) is 0 Å². The SMILES string of the molecule is C.c1ccc(N2CCN(CCN3CCN(c4cccc5ccccc45)CC3)CC2)cc1. The first-order valence-electron chi connectivity index (χ1n) is 11.3. The van der Waals surface area contributed by atoms with E-state index in [1.807, 2.05) is 0 Å². The van der Waals surface area contributed by atoms with Crippen molar-refractivity contribution in [3.05, 3.63) is 72.8 Å². The molecule has 0 unspecified atom stereocenters. The Kier molecular flexibility index (Phi) is 7.10. The van der Waals surface area contributed by atoms with Gasteiger partial charge in [0.1, 0.15) is 0 Å². The number of piperazine rings is 2. The minimum Gasteiger partial charge on any atom is -0.369 e. The summed E-state index contributed by atoms with van der Waals surface area (Å²) in [4.78, 5) is 10.4. The third-order valence-corrected chi connectivity index (χ3v) is 6.71. The third-order valence-electron chi connectivity index (χ3n) is 6.71. The Bertz CT molecular complexity index is 936. The van der Waals surface area contributed by atoms with Gasteiger partial charge in [-0.3, -0.25) is 9.80 Å². The minimum absolute atomic E-state index is 0. The molecule has 3 aromatic carbocycles. The summed E-state index contributed by atoms with van der Waals surface area (Å²) < 4.78 is 0. The fourth-order valence-electron chi connectivity index (χ4n) is 4.85. The highest BCUT2D eigenvalue weighted by Crippen LogP contribution is 2.27. The molecule has 0 spiro atoms. The normalized spacial score (nSPS) is 18.2. The zero-order chi connectivity index (χ0) is 20.2. The Balaban J connectivity index is 0.00000231. The summed E-state index contributed by atoms with van der Waals surface area (Å²) in [5.74, 6) is 0. The number of nitrogens with zero attached hydrogens (tertiary/aromatic N) is 4. The first-order chi connectivity index (χ1) is 14.9. The quantitative estimate of drug-likeness (QED) is 0.610. The monoisotopic (exact) mass is 416 g/mol. The van der Waals surface area contributed by atoms with E-state index in [-0.39, 0.29) is 7.43 Å². The second kappa shape index (κ2) is 10.2. The lowest BCUT2D eigenvalue weighted by atomic mass is 10.1. The molecule has 2 fully saturated rings. The number of hydrogen-bond donors (Lipinski definition) is 0. The molecule has 2 aliphatic heterocycles. The number of benzene rings is 3. The molecule has 4 heteroatoms. The molecule has 0 saturated carbocycles. The smallest absolute Gasteiger partial charge is 0.0446 e. The van der Waals surface area contributed by atoms with Gasteiger partial charge in [-0.15, -0.1) is 0 Å². The molecule has 4 nitrogen and oxygen atoms in total. The van der Waals surface area contributed by atoms with Crippen LogP contribution in [0.5, 0.6) is 0 Å². The number of para-hydroxylation sites is 1. The predicted molar refractivity (Wildman–Crippen MR) is 134 cm³/mol. The van der Waals surface area contributed by atoms with E-state index >= 15 is 0 Å². The van der Waals surface area contributed by atoms with Crippen molar-refractivity contribution in [2.75, 3.05) is 75.2 Å². The molecule has 3 aromatic rings. The molecule has 0 radical (unpaired) electrons. The van der Waals surface area contributed by atoms with E-state index in [2.05, 4.69) is 92.4 Å². The molecule has 0 bridgehead atoms. The summed E-state index contributed by atoms with van der Waals surface area (Å²) in [7, 11) is 0. The van der Waals surface area contributed by atoms with Crippen molar-refractivity contribution in [1.29, 1.82) is 0 Å². The largest absolute Gasteiger partial charge is 0.369 e. The molecule has 164 valence electrons. The molecule has 2 saturated heterocycles. The molecular weight excluding hydrogens is 380 g/mol. The Morgan fingerprint density at radius 1 is 0.516 bits per heavy atom. The summed E-state index contributed by atoms with van der Waals surface area (Å²) in [6, 6.07) is 26.3. The Hall–Kier alpha value is -2.56. The van der Waals surface area contributed by atoms with Gasteiger partial charge < -0.3 is 9.80 Å². The molecule has 5 rings (SSSR count). The van der Waals surface area contributed by atoms with Crippen LogP contribution in [0.2, 0.25) is 0 Å². The standard InChI is InChI=1S/C26H32N4.CH4/c1-2-9-24(10-3-1)29-19-15-27(16-20-29)13-14-28-17-21-30(22-18-28)26-12-6-8-23-7-4-5-11-25(23)26;/h1-12H,13-22H2;1H4. The second-order valence-electron chi connectivity index (χ2n) is 8.49. The lowest BCUT2D eigenvalue weighted by Gasteiger charge is -2.39. The van der Waals surface area contributed by atoms with Crippen molar-refractivity contribution in [1.82, 2.24) is 9.80 Å². The zero-order valence-corrected chi connectivity index (χ0v) is 17.8. The van der Waals surface area contributed by atoms with Crippen LogP contribution in [0.1, 0.15) is 7.43 Å². The van der Waals surface area contributed by atoms with Crippen LogP contribution in [-0.4, -0.2) is 75.2 Å². The number of anilines is 2. The van der Waals surface area contributed by atoms with Gasteiger partial charge in [-0.2, -0.15) is 0 Å². The molecule has 0 atom stereocenters. The van der Waals surface area contributed by atoms with Crippen LogP contribution >= 0.6 is 0 Å². The summed E-state index contributed by atoms with van der Waals surface area (Å²) in [5.41, 5.74) is 2.76. The maximum Gasteiger partial charge on any atom is 0.0446 e. The first kappa shape index (κ1) is 21.7. The summed E-state index contributed by atoms with van der Waals surface area (Å²) in [5, 5.41) is 2.72. The first-order valence-corrected chi connectivity index (χ1v) is 11.3. The number of hydrogen-bond acceptors (Lipinski definition) is 4. The van der Waals surface area contributed by atoms with Crippen molar-refractivity contribution in [3.63, 3.8) is 0 Å². The fourth-order valence-corrected chi connectivity index (χ4v) is 4.85. The van der Waals surface area contributed by atoms with Gasteiger partial charge in [0, 0.05) is 82.2 Å². The van der Waals surface area contributed by atoms with Gasteiger partial charge >= 0.3 is 0 Å². The topological polar surface area (TPSA) is 13.0 Å². The van der Waals surface area contributed by atoms with Crippen LogP contribution in [0.15, 0.2) is 72.8 Å². The molecule has 0 aliphatic carbocycles. The summed E-state index contributed by atoms with van der Waals surface area (Å²) in [6.07, 6.45) is 0. The average molecular weight is 417 g/mol. The van der Waals surface area contributed by atoms with Crippen molar-refractivity contribution >= 4 is 22.1 Å². The van der Waals surface area contributed by atoms with Gasteiger partial charge in [0.2, 0.25) is 0 Å². The maximum atomic E-state index is 2.64. The third kappa shape index (κ3) is 5.03. The van der Waals surface area contributed by atoms with Crippen molar-refractivity contribution in [2.24, 2.45) is 0 Å². The van der Waals surface area contributed by atoms with Crippen LogP contribution in [0.3, 0.4) is 0 Å². The van der Waals surface area contributed by atoms with Gasteiger partial charge in [0.25, 0.3) is 0 Å². The number of rotatable bonds is 5. The van der Waals surface area contributed by atoms with E-state index < -0.39 is 0 Å². The average Bonchev–Trinajstić information content (AvgIpc) is 2.84. The lowest BCUT2D eigenvalue weighted by molar-refractivity contribution is 0.190. The van der Waals surface area contributed by atoms with E-state index in [0.29, 0.717) is 0 Å². The predicted octanol–water partition coefficient (Wildman–Crippen LogP) is 4.42. The Labute approximate surface area is 187 Å². The van der Waals surface area contributed by atoms with E-state index in [9.17, 15) is 0 Å². The van der Waals surface area contributed by atoms with Crippen molar-refractivity contribution < 1.29 is 0 Å². The number of fused-ring (bicyclic) bond motifs is 1. The Morgan fingerprint density at radius 2 is 1.06 bits per heavy atom. The van der Waals surface area contributed by atoms with E-state index in [1.54, 1.807) is 0 Å². The molecule has 2 aliphatic rings. The van der Waals surface area contributed by atoms with Gasteiger partial charge in [-0.05, 0) is 23.6 Å². The Morgan fingerprint density at radius 3 is 1.74 bits per heavy atom. The molecule has 0 aromatic heterocycles. The summed E-state index contributed by atoms with van der Waals surface area (Å²) in [6.45, 7) is 11.6. The van der Waals surface area contributed by atoms with Crippen molar-refractivity contribution in [3.8, 4) is 0 Å². The highest BCUT2D eigenvalue weighted by molar-refractivity contribution is 5.94. The molecule has 0 N–H and O–H groups in total. The van der Waals surface area contributed by atoms with Gasteiger partial charge in [0.15, 0.2) is 0 Å². The molecule has 2 heterocycles. The molecule has 0 amide bonds. The second-order valence-corrected chi connectivity index (χ2v) is 8.49. The minimum atomic E-state index is 0. The van der Waals surface area contributed by atoms with Gasteiger partial charge in [-0.1, -0.05) is 62.0 Å². The van der Waals surface area contributed by atoms with Crippen LogP contribution in [-0.2, 0) is 0 Å². The van der Waals surface area contributed by atoms with Gasteiger partial charge in [0.05, 0.1) is 0 Å². The highest BCUT2D eigenvalue weighted by Gasteiger charge is 2.21. The van der Waals surface area contributed by atoms with Gasteiger partial charge in [-0.25, -0.2) is 0 Å². The fraction of sp³-hybridized carbons (Fsp3) is 0.407. The van der Waals surface area contributed by atoms with E-state index in [1.165, 1.54) is 48.3 Å². The lowest BCUT2D eigenvalue weighted by Crippen LogP contribution is -2.51. The molecular formula is C27H36N4.